The van der Waals surface area contributed by atoms with E-state index >= 15 is 0 Å². The number of nitrogens with zero attached hydrogens (tertiary/aromatic N) is 4. The molecule has 2 atom stereocenters. The van der Waals surface area contributed by atoms with Crippen LogP contribution in [0.25, 0.3) is 0 Å². The molecule has 0 unspecified atom stereocenters. The molecule has 0 aliphatic carbocycles. The third kappa shape index (κ3) is 9.92. The minimum absolute atomic E-state index is 0.154. The molecule has 46 heavy (non-hydrogen) atoms. The Kier molecular flexibility index (Phi) is 12.1. The topological polar surface area (TPSA) is 87.4 Å². The molecule has 3 aromatic carbocycles. The third-order valence-corrected chi connectivity index (χ3v) is 7.24. The Bertz CT molecular complexity index is 1520. The zero-order valence-electron chi connectivity index (χ0n) is 26.1. The smallest absolute Gasteiger partial charge is 0.137 e. The van der Waals surface area contributed by atoms with Crippen LogP contribution in [0.3, 0.4) is 0 Å². The fourth-order valence-electron chi connectivity index (χ4n) is 4.62. The van der Waals surface area contributed by atoms with Gasteiger partial charge in [0.25, 0.3) is 0 Å². The van der Waals surface area contributed by atoms with Gasteiger partial charge in [-0.05, 0) is 46.5 Å². The lowest BCUT2D eigenvalue weighted by Crippen LogP contribution is -2.08. The van der Waals surface area contributed by atoms with Crippen molar-refractivity contribution < 1.29 is 18.9 Å². The quantitative estimate of drug-likeness (QED) is 0.109. The van der Waals surface area contributed by atoms with Gasteiger partial charge in [0.05, 0.1) is 76.5 Å². The van der Waals surface area contributed by atoms with Crippen LogP contribution in [0.4, 0.5) is 0 Å². The molecule has 5 aromatic rings. The first-order chi connectivity index (χ1) is 22.7. The molecule has 2 aromatic heterocycles. The molecular weight excluding hydrogens is 576 g/mol. The van der Waals surface area contributed by atoms with E-state index in [-0.39, 0.29) is 12.1 Å². The molecule has 0 radical (unpaired) electrons. The molecule has 0 bridgehead atoms. The van der Waals surface area contributed by atoms with E-state index in [1.807, 2.05) is 60.7 Å². The number of aliphatic imine (C=N–C) groups is 2. The highest BCUT2D eigenvalue weighted by molar-refractivity contribution is 5.77. The SMILES string of the molecule is COc1ccc(C=N[C@@H](COCc2ccc(COC[C@H](N=Cc3ccc(OC)cn3)c3ccccc3)cc2)c2ccccc2)nc1. The lowest BCUT2D eigenvalue weighted by molar-refractivity contribution is 0.107. The largest absolute Gasteiger partial charge is 0.495 e. The standard InChI is InChI=1S/C38H38N4O4/c1-43-35-19-17-33(39-23-35)21-41-37(31-9-5-3-6-10-31)27-45-25-29-13-15-30(16-14-29)26-46-28-38(32-11-7-4-8-12-32)42-22-34-18-20-36(44-2)24-40-34/h3-24,37-38H,25-28H2,1-2H3/t37-,38-/m0/s1. The van der Waals surface area contributed by atoms with E-state index in [4.69, 9.17) is 28.9 Å². The molecule has 234 valence electrons. The van der Waals surface area contributed by atoms with Gasteiger partial charge in [0.15, 0.2) is 0 Å². The van der Waals surface area contributed by atoms with Gasteiger partial charge in [0.2, 0.25) is 0 Å². The van der Waals surface area contributed by atoms with E-state index in [9.17, 15) is 0 Å². The Morgan fingerprint density at radius 3 is 1.30 bits per heavy atom. The monoisotopic (exact) mass is 614 g/mol. The fraction of sp³-hybridized carbons (Fsp3) is 0.211. The number of hydrogen-bond acceptors (Lipinski definition) is 8. The molecule has 5 rings (SSSR count). The van der Waals surface area contributed by atoms with Crippen LogP contribution < -0.4 is 9.47 Å². The molecule has 0 spiro atoms. The van der Waals surface area contributed by atoms with Gasteiger partial charge >= 0.3 is 0 Å². The van der Waals surface area contributed by atoms with Crippen molar-refractivity contribution in [2.75, 3.05) is 27.4 Å². The van der Waals surface area contributed by atoms with Crippen LogP contribution in [0.2, 0.25) is 0 Å². The number of pyridine rings is 2. The lowest BCUT2D eigenvalue weighted by atomic mass is 10.1. The number of hydrogen-bond donors (Lipinski definition) is 0. The molecular formula is C38H38N4O4. The van der Waals surface area contributed by atoms with Crippen molar-refractivity contribution in [3.63, 3.8) is 0 Å². The summed E-state index contributed by atoms with van der Waals surface area (Å²) in [6.45, 7) is 1.83. The summed E-state index contributed by atoms with van der Waals surface area (Å²) < 4.78 is 22.6. The maximum Gasteiger partial charge on any atom is 0.137 e. The minimum Gasteiger partial charge on any atom is -0.495 e. The van der Waals surface area contributed by atoms with Crippen molar-refractivity contribution in [2.24, 2.45) is 9.98 Å². The van der Waals surface area contributed by atoms with Crippen molar-refractivity contribution in [1.82, 2.24) is 9.97 Å². The fourth-order valence-corrected chi connectivity index (χ4v) is 4.62. The van der Waals surface area contributed by atoms with Gasteiger partial charge in [-0.1, -0.05) is 84.9 Å². The van der Waals surface area contributed by atoms with Crippen molar-refractivity contribution in [3.8, 4) is 11.5 Å². The average molecular weight is 615 g/mol. The Labute approximate surface area is 270 Å². The van der Waals surface area contributed by atoms with Gasteiger partial charge in [-0.15, -0.1) is 0 Å². The summed E-state index contributed by atoms with van der Waals surface area (Å²) in [4.78, 5) is 18.3. The number of rotatable bonds is 16. The molecule has 0 amide bonds. The van der Waals surface area contributed by atoms with E-state index in [1.165, 1.54) is 0 Å². The predicted molar refractivity (Wildman–Crippen MR) is 181 cm³/mol. The second-order valence-corrected chi connectivity index (χ2v) is 10.5. The van der Waals surface area contributed by atoms with Gasteiger partial charge in [0, 0.05) is 12.4 Å². The average Bonchev–Trinajstić information content (AvgIpc) is 3.13. The Morgan fingerprint density at radius 2 is 0.957 bits per heavy atom. The number of ether oxygens (including phenoxy) is 4. The van der Waals surface area contributed by atoms with E-state index in [0.29, 0.717) is 37.9 Å². The van der Waals surface area contributed by atoms with Gasteiger partial charge in [-0.2, -0.15) is 0 Å². The molecule has 8 nitrogen and oxygen atoms in total. The molecule has 0 aliphatic rings. The number of methoxy groups -OCH3 is 2. The first-order valence-corrected chi connectivity index (χ1v) is 15.1. The van der Waals surface area contributed by atoms with Gasteiger partial charge in [-0.3, -0.25) is 20.0 Å². The maximum atomic E-state index is 6.13. The molecule has 0 saturated carbocycles. The molecule has 0 saturated heterocycles. The van der Waals surface area contributed by atoms with Crippen LogP contribution in [0.1, 0.15) is 45.7 Å². The van der Waals surface area contributed by atoms with Crippen molar-refractivity contribution >= 4 is 12.4 Å². The van der Waals surface area contributed by atoms with Crippen LogP contribution in [0.15, 0.2) is 132 Å². The normalized spacial score (nSPS) is 12.7. The summed E-state index contributed by atoms with van der Waals surface area (Å²) >= 11 is 0. The highest BCUT2D eigenvalue weighted by atomic mass is 16.5. The summed E-state index contributed by atoms with van der Waals surface area (Å²) in [5, 5.41) is 0. The third-order valence-electron chi connectivity index (χ3n) is 7.24. The molecule has 8 heteroatoms. The molecule has 2 heterocycles. The zero-order valence-corrected chi connectivity index (χ0v) is 26.1. The van der Waals surface area contributed by atoms with Crippen molar-refractivity contribution in [3.05, 3.63) is 155 Å². The van der Waals surface area contributed by atoms with Gasteiger partial charge in [0.1, 0.15) is 11.5 Å². The highest BCUT2D eigenvalue weighted by Crippen LogP contribution is 2.21. The van der Waals surface area contributed by atoms with E-state index in [1.54, 1.807) is 39.0 Å². The summed E-state index contributed by atoms with van der Waals surface area (Å²) in [5.74, 6) is 1.42. The second-order valence-electron chi connectivity index (χ2n) is 10.5. The van der Waals surface area contributed by atoms with Crippen molar-refractivity contribution in [1.29, 1.82) is 0 Å². The number of benzene rings is 3. The summed E-state index contributed by atoms with van der Waals surface area (Å²) in [5.41, 5.74) is 5.84. The zero-order chi connectivity index (χ0) is 31.8. The van der Waals surface area contributed by atoms with Gasteiger partial charge in [-0.25, -0.2) is 0 Å². The van der Waals surface area contributed by atoms with Crippen LogP contribution in [0.5, 0.6) is 11.5 Å². The predicted octanol–water partition coefficient (Wildman–Crippen LogP) is 7.25. The second kappa shape index (κ2) is 17.3. The number of aromatic nitrogens is 2. The molecule has 0 fully saturated rings. The first kappa shape index (κ1) is 32.2. The summed E-state index contributed by atoms with van der Waals surface area (Å²) in [7, 11) is 3.25. The van der Waals surface area contributed by atoms with Crippen LogP contribution in [-0.4, -0.2) is 49.8 Å². The van der Waals surface area contributed by atoms with E-state index in [2.05, 4.69) is 58.5 Å². The maximum absolute atomic E-state index is 6.13. The minimum atomic E-state index is -0.154. The highest BCUT2D eigenvalue weighted by Gasteiger charge is 2.12. The first-order valence-electron chi connectivity index (χ1n) is 15.1. The van der Waals surface area contributed by atoms with Gasteiger partial charge < -0.3 is 18.9 Å². The van der Waals surface area contributed by atoms with Crippen LogP contribution >= 0.6 is 0 Å². The van der Waals surface area contributed by atoms with Crippen LogP contribution in [0, 0.1) is 0 Å². The molecule has 0 N–H and O–H groups in total. The van der Waals surface area contributed by atoms with E-state index < -0.39 is 0 Å². The Balaban J connectivity index is 1.13. The Hall–Kier alpha value is -5.18. The van der Waals surface area contributed by atoms with Crippen LogP contribution in [-0.2, 0) is 22.7 Å². The van der Waals surface area contributed by atoms with E-state index in [0.717, 1.165) is 33.6 Å². The molecule has 0 aliphatic heterocycles. The Morgan fingerprint density at radius 1 is 0.543 bits per heavy atom. The lowest BCUT2D eigenvalue weighted by Gasteiger charge is -2.15. The summed E-state index contributed by atoms with van der Waals surface area (Å²) in [6.07, 6.45) is 6.92. The summed E-state index contributed by atoms with van der Waals surface area (Å²) in [6, 6.07) is 35.8. The van der Waals surface area contributed by atoms with Crippen molar-refractivity contribution in [2.45, 2.75) is 25.3 Å².